The maximum Gasteiger partial charge on any atom is 0.253 e. The summed E-state index contributed by atoms with van der Waals surface area (Å²) in [5.41, 5.74) is 2.16. The lowest BCUT2D eigenvalue weighted by molar-refractivity contribution is -0.136. The van der Waals surface area contributed by atoms with E-state index in [-0.39, 0.29) is 24.3 Å². The number of hydrogen-bond donors (Lipinski definition) is 2. The van der Waals surface area contributed by atoms with Crippen molar-refractivity contribution in [2.45, 2.75) is 18.4 Å². The number of nitrogens with zero attached hydrogens (tertiary/aromatic N) is 5. The molecule has 2 aliphatic heterocycles. The minimum absolute atomic E-state index is 0.0626. The highest BCUT2D eigenvalue weighted by Crippen LogP contribution is 2.39. The molecule has 0 bridgehead atoms. The number of piperidine rings is 1. The lowest BCUT2D eigenvalue weighted by Gasteiger charge is -2.43. The summed E-state index contributed by atoms with van der Waals surface area (Å²) < 4.78 is 0. The van der Waals surface area contributed by atoms with Gasteiger partial charge in [0, 0.05) is 35.9 Å². The van der Waals surface area contributed by atoms with Crippen LogP contribution in [0.25, 0.3) is 10.9 Å². The fourth-order valence-corrected chi connectivity index (χ4v) is 5.47. The van der Waals surface area contributed by atoms with E-state index in [4.69, 9.17) is 0 Å². The molecule has 4 aromatic rings. The Morgan fingerprint density at radius 2 is 1.82 bits per heavy atom. The van der Waals surface area contributed by atoms with Gasteiger partial charge in [-0.15, -0.1) is 0 Å². The SMILES string of the molecule is O=C(CN1CN(c2ccccc2)C2(CCN(C(=O)c3ccc4[nH]ncc4c3)CC2)C1=O)Nc1cccnc1. The van der Waals surface area contributed by atoms with Gasteiger partial charge >= 0.3 is 0 Å². The molecule has 2 aromatic heterocycles. The van der Waals surface area contributed by atoms with E-state index < -0.39 is 5.54 Å². The second-order valence-electron chi connectivity index (χ2n) is 9.69. The number of benzene rings is 2. The number of nitrogens with one attached hydrogen (secondary N) is 2. The molecule has 38 heavy (non-hydrogen) atoms. The number of H-pyrrole nitrogens is 1. The number of pyridine rings is 1. The van der Waals surface area contributed by atoms with Gasteiger partial charge in [-0.2, -0.15) is 5.10 Å². The molecule has 2 aliphatic rings. The van der Waals surface area contributed by atoms with Crippen molar-refractivity contribution in [3.05, 3.63) is 84.8 Å². The van der Waals surface area contributed by atoms with E-state index in [9.17, 15) is 14.4 Å². The quantitative estimate of drug-likeness (QED) is 0.428. The van der Waals surface area contributed by atoms with E-state index in [1.165, 1.54) is 0 Å². The number of aromatic amines is 1. The van der Waals surface area contributed by atoms with Crippen LogP contribution in [0.4, 0.5) is 11.4 Å². The Morgan fingerprint density at radius 3 is 2.58 bits per heavy atom. The third kappa shape index (κ3) is 4.23. The Kier molecular flexibility index (Phi) is 5.99. The molecule has 0 aliphatic carbocycles. The van der Waals surface area contributed by atoms with Gasteiger partial charge in [-0.25, -0.2) is 0 Å². The Labute approximate surface area is 219 Å². The minimum atomic E-state index is -0.818. The monoisotopic (exact) mass is 509 g/mol. The van der Waals surface area contributed by atoms with Gasteiger partial charge in [0.2, 0.25) is 5.91 Å². The van der Waals surface area contributed by atoms with Crippen molar-refractivity contribution in [1.29, 1.82) is 0 Å². The minimum Gasteiger partial charge on any atom is -0.339 e. The molecule has 0 saturated carbocycles. The van der Waals surface area contributed by atoms with Gasteiger partial charge in [0.25, 0.3) is 11.8 Å². The molecule has 3 amide bonds. The molecule has 0 radical (unpaired) electrons. The van der Waals surface area contributed by atoms with E-state index in [2.05, 4.69) is 25.4 Å². The number of carbonyl (C=O) groups excluding carboxylic acids is 3. The average Bonchev–Trinajstić information content (AvgIpc) is 3.53. The molecule has 10 nitrogen and oxygen atoms in total. The molecule has 2 saturated heterocycles. The molecular formula is C28H27N7O3. The summed E-state index contributed by atoms with van der Waals surface area (Å²) in [6.07, 6.45) is 5.85. The van der Waals surface area contributed by atoms with Crippen LogP contribution in [0, 0.1) is 0 Å². The van der Waals surface area contributed by atoms with E-state index in [0.29, 0.717) is 43.9 Å². The predicted molar refractivity (Wildman–Crippen MR) is 142 cm³/mol. The first kappa shape index (κ1) is 23.7. The van der Waals surface area contributed by atoms with Crippen LogP contribution < -0.4 is 10.2 Å². The van der Waals surface area contributed by atoms with Gasteiger partial charge in [-0.3, -0.25) is 24.5 Å². The van der Waals surface area contributed by atoms with Gasteiger partial charge in [0.1, 0.15) is 12.1 Å². The molecule has 0 unspecified atom stereocenters. The zero-order valence-corrected chi connectivity index (χ0v) is 20.7. The van der Waals surface area contributed by atoms with E-state index in [1.54, 1.807) is 46.6 Å². The second kappa shape index (κ2) is 9.62. The number of anilines is 2. The first-order valence-corrected chi connectivity index (χ1v) is 12.6. The third-order valence-electron chi connectivity index (χ3n) is 7.43. The van der Waals surface area contributed by atoms with Gasteiger partial charge in [-0.05, 0) is 55.3 Å². The molecule has 6 rings (SSSR count). The zero-order chi connectivity index (χ0) is 26.1. The third-order valence-corrected chi connectivity index (χ3v) is 7.43. The highest BCUT2D eigenvalue weighted by Gasteiger charge is 2.54. The van der Waals surface area contributed by atoms with Crippen molar-refractivity contribution in [3.63, 3.8) is 0 Å². The van der Waals surface area contributed by atoms with Crippen molar-refractivity contribution in [2.75, 3.05) is 36.5 Å². The van der Waals surface area contributed by atoms with Crippen LogP contribution in [-0.4, -0.2) is 74.5 Å². The maximum atomic E-state index is 13.9. The van der Waals surface area contributed by atoms with Crippen molar-refractivity contribution in [1.82, 2.24) is 25.0 Å². The van der Waals surface area contributed by atoms with Crippen LogP contribution in [0.15, 0.2) is 79.3 Å². The summed E-state index contributed by atoms with van der Waals surface area (Å²) >= 11 is 0. The number of rotatable bonds is 5. The van der Waals surface area contributed by atoms with Crippen molar-refractivity contribution in [3.8, 4) is 0 Å². The van der Waals surface area contributed by atoms with Crippen molar-refractivity contribution in [2.24, 2.45) is 0 Å². The summed E-state index contributed by atoms with van der Waals surface area (Å²) in [5, 5.41) is 10.6. The number of hydrogen-bond acceptors (Lipinski definition) is 6. The average molecular weight is 510 g/mol. The van der Waals surface area contributed by atoms with Crippen LogP contribution in [0.1, 0.15) is 23.2 Å². The van der Waals surface area contributed by atoms with E-state index in [1.807, 2.05) is 42.5 Å². The first-order chi connectivity index (χ1) is 18.5. The smallest absolute Gasteiger partial charge is 0.253 e. The van der Waals surface area contributed by atoms with Crippen molar-refractivity contribution < 1.29 is 14.4 Å². The topological polar surface area (TPSA) is 115 Å². The van der Waals surface area contributed by atoms with Crippen molar-refractivity contribution >= 4 is 40.0 Å². The molecule has 2 N–H and O–H groups in total. The summed E-state index contributed by atoms with van der Waals surface area (Å²) in [6, 6.07) is 18.8. The van der Waals surface area contributed by atoms with Gasteiger partial charge < -0.3 is 20.0 Å². The van der Waals surface area contributed by atoms with Crippen LogP contribution in [0.5, 0.6) is 0 Å². The Bertz CT molecular complexity index is 1480. The fraction of sp³-hybridized carbons (Fsp3) is 0.250. The molecule has 0 atom stereocenters. The number of carbonyl (C=O) groups is 3. The molecule has 1 spiro atoms. The highest BCUT2D eigenvalue weighted by molar-refractivity contribution is 6.00. The Hall–Kier alpha value is -4.73. The molecular weight excluding hydrogens is 482 g/mol. The van der Waals surface area contributed by atoms with Gasteiger partial charge in [0.15, 0.2) is 0 Å². The highest BCUT2D eigenvalue weighted by atomic mass is 16.2. The van der Waals surface area contributed by atoms with Crippen LogP contribution in [0.2, 0.25) is 0 Å². The number of fused-ring (bicyclic) bond motifs is 1. The molecule has 4 heterocycles. The first-order valence-electron chi connectivity index (χ1n) is 12.6. The molecule has 192 valence electrons. The second-order valence-corrected chi connectivity index (χ2v) is 9.69. The van der Waals surface area contributed by atoms with Crippen LogP contribution >= 0.6 is 0 Å². The predicted octanol–water partition coefficient (Wildman–Crippen LogP) is 2.88. The lowest BCUT2D eigenvalue weighted by atomic mass is 9.85. The number of aromatic nitrogens is 3. The molecule has 10 heteroatoms. The summed E-state index contributed by atoms with van der Waals surface area (Å²) in [5.74, 6) is -0.430. The molecule has 2 fully saturated rings. The zero-order valence-electron chi connectivity index (χ0n) is 20.7. The number of para-hydroxylation sites is 1. The van der Waals surface area contributed by atoms with Crippen LogP contribution in [0.3, 0.4) is 0 Å². The summed E-state index contributed by atoms with van der Waals surface area (Å²) in [4.78, 5) is 49.5. The maximum absolute atomic E-state index is 13.9. The largest absolute Gasteiger partial charge is 0.339 e. The van der Waals surface area contributed by atoms with E-state index >= 15 is 0 Å². The normalized spacial score (nSPS) is 16.8. The summed E-state index contributed by atoms with van der Waals surface area (Å²) in [6.45, 7) is 1.11. The fourth-order valence-electron chi connectivity index (χ4n) is 5.47. The number of likely N-dealkylation sites (tertiary alicyclic amines) is 1. The standard InChI is InChI=1S/C28H27N7O3/c36-25(31-22-5-4-12-29-17-22)18-34-19-35(23-6-2-1-3-7-23)28(27(34)38)10-13-33(14-11-28)26(37)20-8-9-24-21(15-20)16-30-32-24/h1-9,12,15-17H,10-11,13-14,18-19H2,(H,30,32)(H,31,36). The molecule has 2 aromatic carbocycles. The Balaban J connectivity index is 1.21. The van der Waals surface area contributed by atoms with Gasteiger partial charge in [-0.1, -0.05) is 18.2 Å². The van der Waals surface area contributed by atoms with E-state index in [0.717, 1.165) is 16.6 Å². The number of amides is 3. The Morgan fingerprint density at radius 1 is 1.00 bits per heavy atom. The van der Waals surface area contributed by atoms with Crippen LogP contribution in [-0.2, 0) is 9.59 Å². The lowest BCUT2D eigenvalue weighted by Crippen LogP contribution is -2.57. The van der Waals surface area contributed by atoms with Gasteiger partial charge in [0.05, 0.1) is 30.3 Å². The summed E-state index contributed by atoms with van der Waals surface area (Å²) in [7, 11) is 0.